The summed E-state index contributed by atoms with van der Waals surface area (Å²) in [5.41, 5.74) is 0. The fraction of sp³-hybridized carbons (Fsp3) is 0.611. The Bertz CT molecular complexity index is 639. The summed E-state index contributed by atoms with van der Waals surface area (Å²) in [6.45, 7) is 9.09. The van der Waals surface area contributed by atoms with Crippen LogP contribution >= 0.6 is 24.0 Å². The van der Waals surface area contributed by atoms with Crippen molar-refractivity contribution in [1.82, 2.24) is 29.5 Å². The number of imidazole rings is 1. The molecule has 1 N–H and O–H groups in total. The number of nitrogens with zero attached hydrogens (tertiary/aromatic N) is 6. The quantitative estimate of drug-likeness (QED) is 0.305. The summed E-state index contributed by atoms with van der Waals surface area (Å²) in [6, 6.07) is 2.41. The summed E-state index contributed by atoms with van der Waals surface area (Å²) in [7, 11) is 0. The monoisotopic (exact) mass is 471 g/mol. The maximum Gasteiger partial charge on any atom is 0.193 e. The third-order valence-corrected chi connectivity index (χ3v) is 4.83. The maximum atomic E-state index is 4.84. The van der Waals surface area contributed by atoms with Gasteiger partial charge in [-0.3, -0.25) is 9.67 Å². The normalized spacial score (nSPS) is 20.7. The first-order chi connectivity index (χ1) is 12.3. The first kappa shape index (κ1) is 20.7. The van der Waals surface area contributed by atoms with Gasteiger partial charge in [-0.25, -0.2) is 4.98 Å². The lowest BCUT2D eigenvalue weighted by Crippen LogP contribution is -2.49. The molecule has 0 amide bonds. The Labute approximate surface area is 172 Å². The van der Waals surface area contributed by atoms with Crippen molar-refractivity contribution in [3.8, 4) is 0 Å². The van der Waals surface area contributed by atoms with Gasteiger partial charge in [0.1, 0.15) is 0 Å². The van der Waals surface area contributed by atoms with Gasteiger partial charge in [-0.15, -0.1) is 24.0 Å². The van der Waals surface area contributed by atoms with Crippen LogP contribution in [0.5, 0.6) is 0 Å². The highest BCUT2D eigenvalue weighted by Crippen LogP contribution is 2.27. The SMILES string of the molecule is CCNC(=NCCCn1cccn1)N1CCC(C)C(n2ccnc2)C1.I. The predicted octanol–water partition coefficient (Wildman–Crippen LogP) is 2.64. The van der Waals surface area contributed by atoms with Crippen molar-refractivity contribution in [1.29, 1.82) is 0 Å². The average Bonchev–Trinajstić information content (AvgIpc) is 3.32. The molecule has 0 spiro atoms. The van der Waals surface area contributed by atoms with E-state index in [1.165, 1.54) is 6.42 Å². The number of aryl methyl sites for hydroxylation is 1. The molecule has 0 aliphatic carbocycles. The van der Waals surface area contributed by atoms with Gasteiger partial charge in [0.05, 0.1) is 12.4 Å². The minimum absolute atomic E-state index is 0. The number of aliphatic imine (C=N–C) groups is 1. The molecule has 0 bridgehead atoms. The topological polar surface area (TPSA) is 63.3 Å². The molecule has 1 aliphatic heterocycles. The van der Waals surface area contributed by atoms with Gasteiger partial charge in [0.25, 0.3) is 0 Å². The Morgan fingerprint density at radius 3 is 2.88 bits per heavy atom. The van der Waals surface area contributed by atoms with E-state index in [1.807, 2.05) is 35.7 Å². The lowest BCUT2D eigenvalue weighted by molar-refractivity contribution is 0.189. The highest BCUT2D eigenvalue weighted by Gasteiger charge is 2.28. The van der Waals surface area contributed by atoms with Crippen molar-refractivity contribution >= 4 is 29.9 Å². The van der Waals surface area contributed by atoms with E-state index in [4.69, 9.17) is 4.99 Å². The molecular formula is C18H30IN7. The van der Waals surface area contributed by atoms with Crippen LogP contribution in [-0.2, 0) is 6.54 Å². The first-order valence-electron chi connectivity index (χ1n) is 9.26. The summed E-state index contributed by atoms with van der Waals surface area (Å²) in [5.74, 6) is 1.67. The van der Waals surface area contributed by atoms with Crippen LogP contribution in [0, 0.1) is 5.92 Å². The molecule has 3 heterocycles. The summed E-state index contributed by atoms with van der Waals surface area (Å²) >= 11 is 0. The van der Waals surface area contributed by atoms with Crippen LogP contribution in [0.25, 0.3) is 0 Å². The molecule has 0 radical (unpaired) electrons. The molecular weight excluding hydrogens is 441 g/mol. The van der Waals surface area contributed by atoms with Crippen LogP contribution in [0.4, 0.5) is 0 Å². The number of halogens is 1. The van der Waals surface area contributed by atoms with Gasteiger partial charge in [0.15, 0.2) is 5.96 Å². The van der Waals surface area contributed by atoms with E-state index in [-0.39, 0.29) is 24.0 Å². The fourth-order valence-electron chi connectivity index (χ4n) is 3.37. The predicted molar refractivity (Wildman–Crippen MR) is 115 cm³/mol. The van der Waals surface area contributed by atoms with Gasteiger partial charge >= 0.3 is 0 Å². The lowest BCUT2D eigenvalue weighted by atomic mass is 9.93. The Balaban J connectivity index is 0.00000243. The molecule has 1 aliphatic rings. The second-order valence-electron chi connectivity index (χ2n) is 6.65. The van der Waals surface area contributed by atoms with Crippen molar-refractivity contribution in [2.45, 2.75) is 39.3 Å². The molecule has 144 valence electrons. The molecule has 26 heavy (non-hydrogen) atoms. The van der Waals surface area contributed by atoms with Gasteiger partial charge in [0, 0.05) is 57.5 Å². The standard InChI is InChI=1S/C18H29N7.HI/c1-3-20-18(21-7-4-10-25-11-5-8-22-25)23-12-6-16(2)17(14-23)24-13-9-19-15-24;/h5,8-9,11,13,15-17H,3-4,6-7,10,12,14H2,1-2H3,(H,20,21);1H. The molecule has 8 heteroatoms. The van der Waals surface area contributed by atoms with Crippen molar-refractivity contribution < 1.29 is 0 Å². The van der Waals surface area contributed by atoms with Crippen molar-refractivity contribution in [3.63, 3.8) is 0 Å². The largest absolute Gasteiger partial charge is 0.357 e. The second kappa shape index (κ2) is 10.5. The fourth-order valence-corrected chi connectivity index (χ4v) is 3.37. The molecule has 1 fully saturated rings. The van der Waals surface area contributed by atoms with E-state index in [1.54, 1.807) is 0 Å². The van der Waals surface area contributed by atoms with Crippen LogP contribution in [0.15, 0.2) is 42.2 Å². The summed E-state index contributed by atoms with van der Waals surface area (Å²) in [5, 5.41) is 7.69. The van der Waals surface area contributed by atoms with Gasteiger partial charge in [-0.1, -0.05) is 6.92 Å². The molecule has 2 unspecified atom stereocenters. The van der Waals surface area contributed by atoms with E-state index in [9.17, 15) is 0 Å². The van der Waals surface area contributed by atoms with Gasteiger partial charge in [-0.2, -0.15) is 5.10 Å². The third-order valence-electron chi connectivity index (χ3n) is 4.83. The molecule has 2 aromatic heterocycles. The smallest absolute Gasteiger partial charge is 0.193 e. The van der Waals surface area contributed by atoms with Gasteiger partial charge < -0.3 is 14.8 Å². The summed E-state index contributed by atoms with van der Waals surface area (Å²) in [6.07, 6.45) is 11.8. The number of rotatable bonds is 6. The Kier molecular flexibility index (Phi) is 8.40. The number of nitrogens with one attached hydrogen (secondary N) is 1. The Morgan fingerprint density at radius 2 is 2.19 bits per heavy atom. The highest BCUT2D eigenvalue weighted by atomic mass is 127. The zero-order valence-electron chi connectivity index (χ0n) is 15.7. The van der Waals surface area contributed by atoms with E-state index in [2.05, 4.69) is 44.9 Å². The highest BCUT2D eigenvalue weighted by molar-refractivity contribution is 14.0. The molecule has 0 saturated carbocycles. The zero-order chi connectivity index (χ0) is 17.5. The Morgan fingerprint density at radius 1 is 1.31 bits per heavy atom. The van der Waals surface area contributed by atoms with Crippen molar-refractivity contribution in [2.75, 3.05) is 26.2 Å². The van der Waals surface area contributed by atoms with Crippen molar-refractivity contribution in [3.05, 3.63) is 37.2 Å². The van der Waals surface area contributed by atoms with E-state index in [0.29, 0.717) is 12.0 Å². The van der Waals surface area contributed by atoms with Gasteiger partial charge in [-0.05, 0) is 31.7 Å². The number of hydrogen-bond acceptors (Lipinski definition) is 3. The van der Waals surface area contributed by atoms with Crippen LogP contribution in [0.2, 0.25) is 0 Å². The molecule has 2 aromatic rings. The molecule has 1 saturated heterocycles. The molecule has 0 aromatic carbocycles. The minimum atomic E-state index is 0. The van der Waals surface area contributed by atoms with E-state index >= 15 is 0 Å². The van der Waals surface area contributed by atoms with E-state index in [0.717, 1.165) is 45.1 Å². The average molecular weight is 471 g/mol. The van der Waals surface area contributed by atoms with Crippen molar-refractivity contribution in [2.24, 2.45) is 10.9 Å². The second-order valence-corrected chi connectivity index (χ2v) is 6.65. The van der Waals surface area contributed by atoms with E-state index < -0.39 is 0 Å². The number of hydrogen-bond donors (Lipinski definition) is 1. The summed E-state index contributed by atoms with van der Waals surface area (Å²) in [4.78, 5) is 11.4. The molecule has 3 rings (SSSR count). The third kappa shape index (κ3) is 5.46. The van der Waals surface area contributed by atoms with Crippen LogP contribution in [0.1, 0.15) is 32.7 Å². The summed E-state index contributed by atoms with van der Waals surface area (Å²) < 4.78 is 4.19. The number of piperidine rings is 1. The molecule has 2 atom stereocenters. The zero-order valence-corrected chi connectivity index (χ0v) is 18.0. The minimum Gasteiger partial charge on any atom is -0.357 e. The van der Waals surface area contributed by atoms with Gasteiger partial charge in [0.2, 0.25) is 0 Å². The first-order valence-corrected chi connectivity index (χ1v) is 9.26. The van der Waals surface area contributed by atoms with Crippen LogP contribution < -0.4 is 5.32 Å². The van der Waals surface area contributed by atoms with Crippen LogP contribution in [0.3, 0.4) is 0 Å². The molecule has 7 nitrogen and oxygen atoms in total. The number of guanidine groups is 1. The maximum absolute atomic E-state index is 4.84. The van der Waals surface area contributed by atoms with Crippen LogP contribution in [-0.4, -0.2) is 56.4 Å². The Hall–Kier alpha value is -1.58. The number of aromatic nitrogens is 4. The lowest BCUT2D eigenvalue weighted by Gasteiger charge is -2.39. The number of likely N-dealkylation sites (tertiary alicyclic amines) is 1.